The smallest absolute Gasteiger partial charge is 0.0642 e. The van der Waals surface area contributed by atoms with Crippen molar-refractivity contribution in [3.05, 3.63) is 28.8 Å². The van der Waals surface area contributed by atoms with Gasteiger partial charge in [0.25, 0.3) is 0 Å². The van der Waals surface area contributed by atoms with E-state index in [9.17, 15) is 0 Å². The van der Waals surface area contributed by atoms with Crippen LogP contribution in [0.2, 0.25) is 5.02 Å². The number of hydrogen-bond donors (Lipinski definition) is 1. The number of hydrogen-bond acceptors (Lipinski definition) is 2. The molecule has 1 unspecified atom stereocenters. The van der Waals surface area contributed by atoms with Gasteiger partial charge < -0.3 is 10.6 Å². The first-order valence-corrected chi connectivity index (χ1v) is 8.68. The molecule has 3 heteroatoms. The summed E-state index contributed by atoms with van der Waals surface area (Å²) in [5, 5.41) is 0.874. The molecule has 1 saturated heterocycles. The molecule has 1 aromatic carbocycles. The van der Waals surface area contributed by atoms with Crippen LogP contribution in [0.4, 0.5) is 5.69 Å². The van der Waals surface area contributed by atoms with Crippen LogP contribution in [0.25, 0.3) is 0 Å². The van der Waals surface area contributed by atoms with Crippen LogP contribution in [0, 0.1) is 11.8 Å². The number of anilines is 1. The maximum atomic E-state index is 6.51. The Morgan fingerprint density at radius 3 is 2.52 bits per heavy atom. The first-order chi connectivity index (χ1) is 10.0. The van der Waals surface area contributed by atoms with Crippen LogP contribution in [0.3, 0.4) is 0 Å². The molecule has 1 aromatic rings. The highest BCUT2D eigenvalue weighted by molar-refractivity contribution is 6.33. The second-order valence-electron chi connectivity index (χ2n) is 6.69. The lowest BCUT2D eigenvalue weighted by Gasteiger charge is -2.37. The Kier molecular flexibility index (Phi) is 5.95. The van der Waals surface area contributed by atoms with E-state index in [0.717, 1.165) is 42.8 Å². The Morgan fingerprint density at radius 1 is 1.29 bits per heavy atom. The largest absolute Gasteiger partial charge is 0.370 e. The molecule has 1 aliphatic rings. The zero-order chi connectivity index (χ0) is 15.4. The van der Waals surface area contributed by atoms with E-state index >= 15 is 0 Å². The number of piperidine rings is 1. The van der Waals surface area contributed by atoms with Gasteiger partial charge in [-0.25, -0.2) is 0 Å². The highest BCUT2D eigenvalue weighted by Gasteiger charge is 2.24. The van der Waals surface area contributed by atoms with Crippen LogP contribution in [0.5, 0.6) is 0 Å². The molecule has 0 aliphatic carbocycles. The van der Waals surface area contributed by atoms with E-state index in [1.165, 1.54) is 24.1 Å². The molecular formula is C18H29ClN2. The summed E-state index contributed by atoms with van der Waals surface area (Å²) in [6.45, 7) is 9.04. The van der Waals surface area contributed by atoms with Gasteiger partial charge in [0, 0.05) is 19.1 Å². The number of benzene rings is 1. The van der Waals surface area contributed by atoms with Crippen molar-refractivity contribution >= 4 is 17.3 Å². The van der Waals surface area contributed by atoms with E-state index in [-0.39, 0.29) is 6.04 Å². The van der Waals surface area contributed by atoms with Crippen LogP contribution in [0.15, 0.2) is 18.2 Å². The predicted molar refractivity (Wildman–Crippen MR) is 93.2 cm³/mol. The normalized spacial score (nSPS) is 18.3. The molecule has 2 rings (SSSR count). The Labute approximate surface area is 134 Å². The van der Waals surface area contributed by atoms with Crippen LogP contribution < -0.4 is 10.6 Å². The first kappa shape index (κ1) is 16.6. The minimum atomic E-state index is 0.218. The monoisotopic (exact) mass is 308 g/mol. The third-order valence-electron chi connectivity index (χ3n) is 4.88. The average Bonchev–Trinajstić information content (AvgIpc) is 2.47. The summed E-state index contributed by atoms with van der Waals surface area (Å²) in [5.74, 6) is 1.64. The Morgan fingerprint density at radius 2 is 1.95 bits per heavy atom. The molecule has 1 atom stereocenters. The van der Waals surface area contributed by atoms with Gasteiger partial charge in [0.1, 0.15) is 0 Å². The minimum Gasteiger partial charge on any atom is -0.370 e. The van der Waals surface area contributed by atoms with E-state index in [2.05, 4.69) is 31.7 Å². The Bertz CT molecular complexity index is 451. The van der Waals surface area contributed by atoms with E-state index in [1.54, 1.807) is 0 Å². The van der Waals surface area contributed by atoms with Crippen molar-refractivity contribution in [2.75, 3.05) is 18.0 Å². The topological polar surface area (TPSA) is 29.3 Å². The molecule has 118 valence electrons. The molecule has 2 N–H and O–H groups in total. The van der Waals surface area contributed by atoms with Gasteiger partial charge in [-0.2, -0.15) is 0 Å². The van der Waals surface area contributed by atoms with Gasteiger partial charge in [0.05, 0.1) is 10.7 Å². The van der Waals surface area contributed by atoms with Crippen LogP contribution in [-0.2, 0) is 6.42 Å². The molecule has 1 fully saturated rings. The maximum Gasteiger partial charge on any atom is 0.0642 e. The first-order valence-electron chi connectivity index (χ1n) is 8.30. The van der Waals surface area contributed by atoms with Crippen LogP contribution in [-0.4, -0.2) is 19.1 Å². The molecule has 0 aromatic heterocycles. The van der Waals surface area contributed by atoms with Gasteiger partial charge >= 0.3 is 0 Å². The van der Waals surface area contributed by atoms with Crippen molar-refractivity contribution in [2.24, 2.45) is 17.6 Å². The fraction of sp³-hybridized carbons (Fsp3) is 0.667. The zero-order valence-electron chi connectivity index (χ0n) is 13.6. The molecule has 0 radical (unpaired) electrons. The Balaban J connectivity index is 2.15. The summed E-state index contributed by atoms with van der Waals surface area (Å²) in [6.07, 6.45) is 4.45. The summed E-state index contributed by atoms with van der Waals surface area (Å²) in [5.41, 5.74) is 8.69. The summed E-state index contributed by atoms with van der Waals surface area (Å²) < 4.78 is 0. The zero-order valence-corrected chi connectivity index (χ0v) is 14.4. The lowest BCUT2D eigenvalue weighted by atomic mass is 9.86. The lowest BCUT2D eigenvalue weighted by Crippen LogP contribution is -2.36. The standard InChI is InChI=1S/C18H29ClN2/c1-4-16(20)12-15-6-5-7-17(19)18(15)21-10-8-14(9-11-21)13(2)3/h5-7,13-14,16H,4,8-12,20H2,1-3H3. The molecule has 0 bridgehead atoms. The van der Waals surface area contributed by atoms with Gasteiger partial charge in [0.15, 0.2) is 0 Å². The molecular weight excluding hydrogens is 280 g/mol. The number of rotatable bonds is 5. The van der Waals surface area contributed by atoms with E-state index in [4.69, 9.17) is 17.3 Å². The summed E-state index contributed by atoms with van der Waals surface area (Å²) >= 11 is 6.51. The molecule has 1 aliphatic heterocycles. The van der Waals surface area contributed by atoms with E-state index in [1.807, 2.05) is 12.1 Å². The van der Waals surface area contributed by atoms with Crippen LogP contribution in [0.1, 0.15) is 45.6 Å². The number of nitrogens with zero attached hydrogens (tertiary/aromatic N) is 1. The third-order valence-corrected chi connectivity index (χ3v) is 5.18. The summed E-state index contributed by atoms with van der Waals surface area (Å²) in [4.78, 5) is 2.47. The highest BCUT2D eigenvalue weighted by atomic mass is 35.5. The van der Waals surface area contributed by atoms with E-state index in [0.29, 0.717) is 0 Å². The van der Waals surface area contributed by atoms with Crippen molar-refractivity contribution in [2.45, 2.75) is 52.5 Å². The average molecular weight is 309 g/mol. The lowest BCUT2D eigenvalue weighted by molar-refractivity contribution is 0.311. The van der Waals surface area contributed by atoms with Gasteiger partial charge in [0.2, 0.25) is 0 Å². The number of para-hydroxylation sites is 1. The second kappa shape index (κ2) is 7.51. The fourth-order valence-electron chi connectivity index (χ4n) is 3.30. The fourth-order valence-corrected chi connectivity index (χ4v) is 3.61. The van der Waals surface area contributed by atoms with Crippen molar-refractivity contribution in [3.63, 3.8) is 0 Å². The second-order valence-corrected chi connectivity index (χ2v) is 7.10. The predicted octanol–water partition coefficient (Wildman–Crippen LogP) is 4.49. The maximum absolute atomic E-state index is 6.51. The van der Waals surface area contributed by atoms with Gasteiger partial charge in [-0.15, -0.1) is 0 Å². The SMILES string of the molecule is CCC(N)Cc1cccc(Cl)c1N1CCC(C(C)C)CC1. The van der Waals surface area contributed by atoms with Gasteiger partial charge in [-0.3, -0.25) is 0 Å². The molecule has 2 nitrogen and oxygen atoms in total. The van der Waals surface area contributed by atoms with Crippen molar-refractivity contribution < 1.29 is 0 Å². The quantitative estimate of drug-likeness (QED) is 0.868. The Hall–Kier alpha value is -0.730. The number of nitrogens with two attached hydrogens (primary N) is 1. The molecule has 0 spiro atoms. The third kappa shape index (κ3) is 4.14. The molecule has 0 saturated carbocycles. The molecule has 1 heterocycles. The number of halogens is 1. The summed E-state index contributed by atoms with van der Waals surface area (Å²) in [6, 6.07) is 6.46. The van der Waals surface area contributed by atoms with Crippen molar-refractivity contribution in [1.29, 1.82) is 0 Å². The van der Waals surface area contributed by atoms with E-state index < -0.39 is 0 Å². The van der Waals surface area contributed by atoms with Crippen molar-refractivity contribution in [3.8, 4) is 0 Å². The minimum absolute atomic E-state index is 0.218. The molecule has 0 amide bonds. The summed E-state index contributed by atoms with van der Waals surface area (Å²) in [7, 11) is 0. The van der Waals surface area contributed by atoms with Gasteiger partial charge in [-0.1, -0.05) is 44.5 Å². The van der Waals surface area contributed by atoms with Crippen molar-refractivity contribution in [1.82, 2.24) is 0 Å². The van der Waals surface area contributed by atoms with Gasteiger partial charge in [-0.05, 0) is 49.1 Å². The van der Waals surface area contributed by atoms with Crippen LogP contribution >= 0.6 is 11.6 Å². The highest BCUT2D eigenvalue weighted by Crippen LogP contribution is 2.35. The molecule has 21 heavy (non-hydrogen) atoms.